The molecule has 0 aliphatic carbocycles. The molecule has 0 N–H and O–H groups in total. The number of likely N-dealkylation sites (tertiary alicyclic amines) is 1. The molecule has 5 nitrogen and oxygen atoms in total. The van der Waals surface area contributed by atoms with Crippen molar-refractivity contribution in [2.75, 3.05) is 32.1 Å². The van der Waals surface area contributed by atoms with Gasteiger partial charge in [0.1, 0.15) is 0 Å². The van der Waals surface area contributed by atoms with Crippen molar-refractivity contribution < 1.29 is 9.59 Å². The number of hydrogen-bond donors (Lipinski definition) is 0. The van der Waals surface area contributed by atoms with E-state index < -0.39 is 0 Å². The minimum atomic E-state index is -0.367. The molecule has 0 radical (unpaired) electrons. The molecule has 2 aromatic carbocycles. The van der Waals surface area contributed by atoms with E-state index in [0.717, 1.165) is 56.4 Å². The summed E-state index contributed by atoms with van der Waals surface area (Å²) in [5.74, 6) is 0.360. The fraction of sp³-hybridized carbons (Fsp3) is 0.462. The van der Waals surface area contributed by atoms with Gasteiger partial charge in [-0.15, -0.1) is 0 Å². The zero-order valence-corrected chi connectivity index (χ0v) is 18.5. The van der Waals surface area contributed by atoms with E-state index in [1.165, 1.54) is 5.56 Å². The molecule has 162 valence electrons. The van der Waals surface area contributed by atoms with E-state index in [9.17, 15) is 9.59 Å². The summed E-state index contributed by atoms with van der Waals surface area (Å²) in [6.07, 6.45) is 4.56. The summed E-state index contributed by atoms with van der Waals surface area (Å²) < 4.78 is 0. The summed E-state index contributed by atoms with van der Waals surface area (Å²) >= 11 is 0. The number of hydrogen-bond acceptors (Lipinski definition) is 3. The van der Waals surface area contributed by atoms with Crippen LogP contribution in [0.3, 0.4) is 0 Å². The maximum absolute atomic E-state index is 13.6. The third kappa shape index (κ3) is 3.31. The van der Waals surface area contributed by atoms with Crippen LogP contribution in [0, 0.1) is 5.41 Å². The van der Waals surface area contributed by atoms with E-state index in [1.54, 1.807) is 0 Å². The number of anilines is 1. The number of amides is 2. The standard InChI is InChI=1S/C26H31N3O2/c1-27(2)21-10-6-9-20(17-21)24(30)29-22-11-12-23(29)26(18-22)14-16-28(25(26)31)15-13-19-7-4-3-5-8-19/h3-10,17,22-23H,11-16,18H2,1-2H3/t22-,23-,26+/m0/s1. The molecule has 3 atom stereocenters. The normalized spacial score (nSPS) is 26.8. The van der Waals surface area contributed by atoms with Crippen LogP contribution in [0.1, 0.15) is 41.6 Å². The Morgan fingerprint density at radius 2 is 1.90 bits per heavy atom. The van der Waals surface area contributed by atoms with Gasteiger partial charge in [-0.25, -0.2) is 0 Å². The average molecular weight is 418 g/mol. The van der Waals surface area contributed by atoms with E-state index in [4.69, 9.17) is 0 Å². The van der Waals surface area contributed by atoms with E-state index in [2.05, 4.69) is 17.0 Å². The first kappa shape index (κ1) is 20.1. The Kier molecular flexibility index (Phi) is 4.99. The first-order chi connectivity index (χ1) is 15.0. The number of rotatable bonds is 5. The van der Waals surface area contributed by atoms with Gasteiger partial charge in [0.05, 0.1) is 5.41 Å². The van der Waals surface area contributed by atoms with Crippen LogP contribution in [-0.2, 0) is 11.2 Å². The highest BCUT2D eigenvalue weighted by atomic mass is 16.2. The number of fused-ring (bicyclic) bond motifs is 3. The maximum Gasteiger partial charge on any atom is 0.254 e. The third-order valence-corrected chi connectivity index (χ3v) is 7.64. The predicted molar refractivity (Wildman–Crippen MR) is 122 cm³/mol. The van der Waals surface area contributed by atoms with Crippen LogP contribution in [0.25, 0.3) is 0 Å². The SMILES string of the molecule is CN(C)c1cccc(C(=O)N2[C@H]3CC[C@H]2[C@@]2(CCN(CCc4ccccc4)C2=O)C3)c1. The molecule has 3 aliphatic heterocycles. The zero-order chi connectivity index (χ0) is 21.6. The second-order valence-electron chi connectivity index (χ2n) is 9.54. The number of benzene rings is 2. The largest absolute Gasteiger partial charge is 0.378 e. The van der Waals surface area contributed by atoms with Gasteiger partial charge in [0.2, 0.25) is 5.91 Å². The van der Waals surface area contributed by atoms with Gasteiger partial charge in [-0.05, 0) is 55.9 Å². The van der Waals surface area contributed by atoms with Crippen LogP contribution in [0.4, 0.5) is 5.69 Å². The van der Waals surface area contributed by atoms with Crippen LogP contribution in [0.15, 0.2) is 54.6 Å². The van der Waals surface area contributed by atoms with Crippen molar-refractivity contribution in [3.63, 3.8) is 0 Å². The average Bonchev–Trinajstić information content (AvgIpc) is 3.44. The maximum atomic E-state index is 13.6. The van der Waals surface area contributed by atoms with Crippen LogP contribution >= 0.6 is 0 Å². The van der Waals surface area contributed by atoms with Crippen LogP contribution < -0.4 is 4.90 Å². The molecule has 0 saturated carbocycles. The zero-order valence-electron chi connectivity index (χ0n) is 18.5. The highest BCUT2D eigenvalue weighted by Gasteiger charge is 2.63. The van der Waals surface area contributed by atoms with E-state index in [0.29, 0.717) is 0 Å². The highest BCUT2D eigenvalue weighted by Crippen LogP contribution is 2.55. The summed E-state index contributed by atoms with van der Waals surface area (Å²) in [6, 6.07) is 18.4. The Hall–Kier alpha value is -2.82. The Balaban J connectivity index is 1.33. The lowest BCUT2D eigenvalue weighted by molar-refractivity contribution is -0.137. The molecule has 5 rings (SSSR count). The molecule has 3 fully saturated rings. The Labute approximate surface area is 184 Å². The summed E-state index contributed by atoms with van der Waals surface area (Å²) in [5.41, 5.74) is 2.65. The van der Waals surface area contributed by atoms with Gasteiger partial charge < -0.3 is 14.7 Å². The minimum absolute atomic E-state index is 0.0437. The Bertz CT molecular complexity index is 989. The van der Waals surface area contributed by atoms with E-state index in [1.807, 2.05) is 66.4 Å². The molecule has 5 heteroatoms. The second kappa shape index (κ2) is 7.70. The van der Waals surface area contributed by atoms with Crippen molar-refractivity contribution in [1.29, 1.82) is 0 Å². The van der Waals surface area contributed by atoms with Crippen molar-refractivity contribution in [2.24, 2.45) is 5.41 Å². The molecule has 3 aliphatic rings. The molecular weight excluding hydrogens is 386 g/mol. The van der Waals surface area contributed by atoms with Gasteiger partial charge in [0.25, 0.3) is 5.91 Å². The lowest BCUT2D eigenvalue weighted by atomic mass is 9.72. The van der Waals surface area contributed by atoms with Crippen molar-refractivity contribution in [2.45, 2.75) is 44.2 Å². The predicted octanol–water partition coefficient (Wildman–Crippen LogP) is 3.59. The van der Waals surface area contributed by atoms with Crippen molar-refractivity contribution in [1.82, 2.24) is 9.80 Å². The fourth-order valence-corrected chi connectivity index (χ4v) is 6.03. The van der Waals surface area contributed by atoms with Gasteiger partial charge in [-0.1, -0.05) is 36.4 Å². The summed E-state index contributed by atoms with van der Waals surface area (Å²) in [6.45, 7) is 1.58. The van der Waals surface area contributed by atoms with Gasteiger partial charge in [0.15, 0.2) is 0 Å². The van der Waals surface area contributed by atoms with E-state index in [-0.39, 0.29) is 29.3 Å². The van der Waals surface area contributed by atoms with E-state index >= 15 is 0 Å². The van der Waals surface area contributed by atoms with Crippen LogP contribution in [-0.4, -0.2) is 60.9 Å². The molecule has 0 unspecified atom stereocenters. The first-order valence-electron chi connectivity index (χ1n) is 11.4. The van der Waals surface area contributed by atoms with Crippen LogP contribution in [0.2, 0.25) is 0 Å². The molecule has 3 heterocycles. The Morgan fingerprint density at radius 3 is 2.68 bits per heavy atom. The van der Waals surface area contributed by atoms with Gasteiger partial charge in [0, 0.05) is 50.5 Å². The van der Waals surface area contributed by atoms with Gasteiger partial charge >= 0.3 is 0 Å². The minimum Gasteiger partial charge on any atom is -0.378 e. The molecule has 2 bridgehead atoms. The number of nitrogens with zero attached hydrogens (tertiary/aromatic N) is 3. The first-order valence-corrected chi connectivity index (χ1v) is 11.4. The van der Waals surface area contributed by atoms with Crippen molar-refractivity contribution in [3.05, 3.63) is 65.7 Å². The fourth-order valence-electron chi connectivity index (χ4n) is 6.03. The van der Waals surface area contributed by atoms with Gasteiger partial charge in [-0.2, -0.15) is 0 Å². The Morgan fingerprint density at radius 1 is 1.10 bits per heavy atom. The summed E-state index contributed by atoms with van der Waals surface area (Å²) in [5, 5.41) is 0. The van der Waals surface area contributed by atoms with Crippen molar-refractivity contribution in [3.8, 4) is 0 Å². The van der Waals surface area contributed by atoms with Gasteiger partial charge in [-0.3, -0.25) is 9.59 Å². The quantitative estimate of drug-likeness (QED) is 0.747. The summed E-state index contributed by atoms with van der Waals surface area (Å²) in [7, 11) is 3.97. The molecule has 2 amide bonds. The summed E-state index contributed by atoms with van der Waals surface area (Å²) in [4.78, 5) is 33.2. The number of carbonyl (C=O) groups excluding carboxylic acids is 2. The van der Waals surface area contributed by atoms with Crippen molar-refractivity contribution >= 4 is 17.5 Å². The molecule has 31 heavy (non-hydrogen) atoms. The second-order valence-corrected chi connectivity index (χ2v) is 9.54. The topological polar surface area (TPSA) is 43.9 Å². The number of carbonyl (C=O) groups is 2. The molecular formula is C26H31N3O2. The third-order valence-electron chi connectivity index (χ3n) is 7.64. The smallest absolute Gasteiger partial charge is 0.254 e. The molecule has 3 saturated heterocycles. The lowest BCUT2D eigenvalue weighted by Gasteiger charge is -2.32. The molecule has 1 spiro atoms. The monoisotopic (exact) mass is 417 g/mol. The lowest BCUT2D eigenvalue weighted by Crippen LogP contribution is -2.45. The molecule has 2 aromatic rings. The highest BCUT2D eigenvalue weighted by molar-refractivity contribution is 5.97. The molecule has 0 aromatic heterocycles. The van der Waals surface area contributed by atoms with Crippen LogP contribution in [0.5, 0.6) is 0 Å².